The van der Waals surface area contributed by atoms with Crippen molar-refractivity contribution in [2.75, 3.05) is 29.9 Å². The zero-order chi connectivity index (χ0) is 17.3. The molecule has 0 unspecified atom stereocenters. The quantitative estimate of drug-likeness (QED) is 0.784. The van der Waals surface area contributed by atoms with Crippen molar-refractivity contribution in [3.05, 3.63) is 54.1 Å². The first kappa shape index (κ1) is 16.0. The van der Waals surface area contributed by atoms with Crippen molar-refractivity contribution in [2.24, 2.45) is 5.41 Å². The van der Waals surface area contributed by atoms with E-state index in [4.69, 9.17) is 0 Å². The molecule has 1 aliphatic heterocycles. The fourth-order valence-corrected chi connectivity index (χ4v) is 3.41. The number of carbonyl (C=O) groups is 1. The number of aliphatic hydroxyl groups excluding tert-OH is 1. The predicted octanol–water partition coefficient (Wildman–Crippen LogP) is 3.27. The van der Waals surface area contributed by atoms with E-state index in [-0.39, 0.29) is 18.1 Å². The fourth-order valence-electron chi connectivity index (χ4n) is 3.41. The summed E-state index contributed by atoms with van der Waals surface area (Å²) >= 11 is 0. The minimum absolute atomic E-state index is 0.0925. The van der Waals surface area contributed by atoms with Crippen LogP contribution in [0, 0.1) is 5.41 Å². The molecule has 0 aromatic heterocycles. The van der Waals surface area contributed by atoms with Crippen molar-refractivity contribution < 1.29 is 9.90 Å². The van der Waals surface area contributed by atoms with Crippen LogP contribution in [0.5, 0.6) is 0 Å². The first-order valence-electron chi connectivity index (χ1n) is 8.81. The van der Waals surface area contributed by atoms with Gasteiger partial charge in [-0.1, -0.05) is 30.3 Å². The van der Waals surface area contributed by atoms with Crippen LogP contribution in [0.2, 0.25) is 0 Å². The molecule has 5 nitrogen and oxygen atoms in total. The molecule has 5 heteroatoms. The standard InChI is InChI=1S/C20H23N3O2/c24-14-20(10-11-20)13-21-19(25)22-16-6-2-4-8-18(16)23-12-9-15-5-1-3-7-17(15)23/h1-8,24H,9-14H2,(H2,21,22,25). The van der Waals surface area contributed by atoms with Gasteiger partial charge in [-0.05, 0) is 43.0 Å². The highest BCUT2D eigenvalue weighted by molar-refractivity contribution is 5.94. The number of amides is 2. The third-order valence-corrected chi connectivity index (χ3v) is 5.25. The first-order valence-corrected chi connectivity index (χ1v) is 8.81. The maximum Gasteiger partial charge on any atom is 0.319 e. The lowest BCUT2D eigenvalue weighted by Crippen LogP contribution is -2.35. The molecule has 0 radical (unpaired) electrons. The van der Waals surface area contributed by atoms with Crippen LogP contribution in [0.3, 0.4) is 0 Å². The van der Waals surface area contributed by atoms with Gasteiger partial charge in [0.25, 0.3) is 0 Å². The van der Waals surface area contributed by atoms with E-state index in [9.17, 15) is 9.90 Å². The largest absolute Gasteiger partial charge is 0.396 e. The Labute approximate surface area is 147 Å². The second kappa shape index (κ2) is 6.41. The minimum Gasteiger partial charge on any atom is -0.396 e. The Bertz CT molecular complexity index is 786. The molecule has 0 spiro atoms. The number of urea groups is 1. The summed E-state index contributed by atoms with van der Waals surface area (Å²) in [6.45, 7) is 1.56. The number of aliphatic hydroxyl groups is 1. The highest BCUT2D eigenvalue weighted by atomic mass is 16.3. The third kappa shape index (κ3) is 3.20. The van der Waals surface area contributed by atoms with E-state index in [0.29, 0.717) is 6.54 Å². The number of hydrogen-bond donors (Lipinski definition) is 3. The number of hydrogen-bond acceptors (Lipinski definition) is 3. The minimum atomic E-state index is -0.223. The Morgan fingerprint density at radius 3 is 2.56 bits per heavy atom. The second-order valence-electron chi connectivity index (χ2n) is 7.01. The molecule has 1 fully saturated rings. The molecule has 4 rings (SSSR count). The lowest BCUT2D eigenvalue weighted by atomic mass is 10.1. The lowest BCUT2D eigenvalue weighted by Gasteiger charge is -2.23. The van der Waals surface area contributed by atoms with Crippen molar-refractivity contribution >= 4 is 23.1 Å². The van der Waals surface area contributed by atoms with Crippen LogP contribution in [0.1, 0.15) is 18.4 Å². The highest BCUT2D eigenvalue weighted by Crippen LogP contribution is 2.44. The Morgan fingerprint density at radius 1 is 1.08 bits per heavy atom. The summed E-state index contributed by atoms with van der Waals surface area (Å²) in [7, 11) is 0. The second-order valence-corrected chi connectivity index (χ2v) is 7.01. The number of anilines is 3. The van der Waals surface area contributed by atoms with Gasteiger partial charge in [-0.3, -0.25) is 0 Å². The number of nitrogens with zero attached hydrogens (tertiary/aromatic N) is 1. The SMILES string of the molecule is O=C(NCC1(CO)CC1)Nc1ccccc1N1CCc2ccccc21. The summed E-state index contributed by atoms with van der Waals surface area (Å²) in [4.78, 5) is 14.5. The average Bonchev–Trinajstić information content (AvgIpc) is 3.31. The highest BCUT2D eigenvalue weighted by Gasteiger charge is 2.42. The van der Waals surface area contributed by atoms with Gasteiger partial charge in [0, 0.05) is 24.2 Å². The molecule has 130 valence electrons. The van der Waals surface area contributed by atoms with E-state index in [1.165, 1.54) is 11.3 Å². The molecule has 2 aromatic rings. The van der Waals surface area contributed by atoms with Crippen LogP contribution in [-0.2, 0) is 6.42 Å². The normalized spacial score (nSPS) is 17.1. The van der Waals surface area contributed by atoms with Crippen molar-refractivity contribution in [3.63, 3.8) is 0 Å². The third-order valence-electron chi connectivity index (χ3n) is 5.25. The van der Waals surface area contributed by atoms with Gasteiger partial charge in [-0.2, -0.15) is 0 Å². The molecule has 0 bridgehead atoms. The molecule has 2 amide bonds. The first-order chi connectivity index (χ1) is 12.2. The summed E-state index contributed by atoms with van der Waals surface area (Å²) in [6, 6.07) is 16.0. The smallest absolute Gasteiger partial charge is 0.319 e. The van der Waals surface area contributed by atoms with Crippen LogP contribution in [-0.4, -0.2) is 30.8 Å². The van der Waals surface area contributed by atoms with Gasteiger partial charge in [0.05, 0.1) is 18.0 Å². The van der Waals surface area contributed by atoms with Crippen molar-refractivity contribution in [1.29, 1.82) is 0 Å². The summed E-state index contributed by atoms with van der Waals surface area (Å²) in [5.41, 5.74) is 4.25. The van der Waals surface area contributed by atoms with Crippen LogP contribution in [0.4, 0.5) is 21.9 Å². The maximum atomic E-state index is 12.3. The molecule has 1 aliphatic carbocycles. The van der Waals surface area contributed by atoms with Crippen molar-refractivity contribution in [2.45, 2.75) is 19.3 Å². The summed E-state index contributed by atoms with van der Waals surface area (Å²) in [5, 5.41) is 15.2. The van der Waals surface area contributed by atoms with E-state index in [1.807, 2.05) is 30.3 Å². The van der Waals surface area contributed by atoms with Gasteiger partial charge in [-0.15, -0.1) is 0 Å². The Hall–Kier alpha value is -2.53. The fraction of sp³-hybridized carbons (Fsp3) is 0.350. The molecule has 3 N–H and O–H groups in total. The molecule has 0 atom stereocenters. The number of nitrogens with one attached hydrogen (secondary N) is 2. The van der Waals surface area contributed by atoms with Crippen molar-refractivity contribution in [3.8, 4) is 0 Å². The van der Waals surface area contributed by atoms with Crippen LogP contribution >= 0.6 is 0 Å². The lowest BCUT2D eigenvalue weighted by molar-refractivity contribution is 0.206. The maximum absolute atomic E-state index is 12.3. The van der Waals surface area contributed by atoms with Gasteiger partial charge >= 0.3 is 6.03 Å². The summed E-state index contributed by atoms with van der Waals surface area (Å²) in [6.07, 6.45) is 2.96. The molecular weight excluding hydrogens is 314 g/mol. The molecular formula is C20H23N3O2. The Morgan fingerprint density at radius 2 is 1.80 bits per heavy atom. The predicted molar refractivity (Wildman–Crippen MR) is 99.4 cm³/mol. The van der Waals surface area contributed by atoms with Crippen molar-refractivity contribution in [1.82, 2.24) is 5.32 Å². The van der Waals surface area contributed by atoms with Gasteiger partial charge in [0.2, 0.25) is 0 Å². The molecule has 0 saturated heterocycles. The van der Waals surface area contributed by atoms with Crippen LogP contribution in [0.25, 0.3) is 0 Å². The Kier molecular flexibility index (Phi) is 4.09. The monoisotopic (exact) mass is 337 g/mol. The van der Waals surface area contributed by atoms with E-state index < -0.39 is 0 Å². The molecule has 2 aliphatic rings. The van der Waals surface area contributed by atoms with E-state index in [1.54, 1.807) is 0 Å². The number of carbonyl (C=O) groups excluding carboxylic acids is 1. The van der Waals surface area contributed by atoms with Gasteiger partial charge in [0.1, 0.15) is 0 Å². The van der Waals surface area contributed by atoms with Crippen LogP contribution in [0.15, 0.2) is 48.5 Å². The summed E-state index contributed by atoms with van der Waals surface area (Å²) < 4.78 is 0. The number of benzene rings is 2. The zero-order valence-electron chi connectivity index (χ0n) is 14.2. The van der Waals surface area contributed by atoms with E-state index in [2.05, 4.69) is 33.7 Å². The molecule has 1 heterocycles. The van der Waals surface area contributed by atoms with Crippen LogP contribution < -0.4 is 15.5 Å². The molecule has 2 aromatic carbocycles. The molecule has 1 saturated carbocycles. The van der Waals surface area contributed by atoms with Gasteiger partial charge < -0.3 is 20.6 Å². The average molecular weight is 337 g/mol. The van der Waals surface area contributed by atoms with Gasteiger partial charge in [0.15, 0.2) is 0 Å². The topological polar surface area (TPSA) is 64.6 Å². The summed E-state index contributed by atoms with van der Waals surface area (Å²) in [5.74, 6) is 0. The van der Waals surface area contributed by atoms with Gasteiger partial charge in [-0.25, -0.2) is 4.79 Å². The molecule has 25 heavy (non-hydrogen) atoms. The number of rotatable bonds is 5. The number of fused-ring (bicyclic) bond motifs is 1. The van der Waals surface area contributed by atoms with E-state index in [0.717, 1.165) is 37.2 Å². The number of para-hydroxylation sites is 3. The van der Waals surface area contributed by atoms with E-state index >= 15 is 0 Å². The zero-order valence-corrected chi connectivity index (χ0v) is 14.2. The Balaban J connectivity index is 1.49.